The number of aryl methyl sites for hydroxylation is 1. The van der Waals surface area contributed by atoms with Gasteiger partial charge in [-0.2, -0.15) is 0 Å². The molecule has 94 valence electrons. The summed E-state index contributed by atoms with van der Waals surface area (Å²) in [5.41, 5.74) is 1.36. The van der Waals surface area contributed by atoms with Gasteiger partial charge in [-0.15, -0.1) is 5.69 Å². The van der Waals surface area contributed by atoms with Gasteiger partial charge in [-0.3, -0.25) is 0 Å². The van der Waals surface area contributed by atoms with Gasteiger partial charge >= 0.3 is 0 Å². The molecule has 0 aromatic heterocycles. The Hall–Kier alpha value is -1.52. The first kappa shape index (κ1) is 12.9. The SMILES string of the molecule is Cc1ccc(S(=O)(=O)[N-]c2ccc(Cl)cc2)cc1. The highest BCUT2D eigenvalue weighted by Gasteiger charge is 2.03. The molecule has 3 nitrogen and oxygen atoms in total. The quantitative estimate of drug-likeness (QED) is 0.852. The molecule has 0 heterocycles. The molecule has 2 rings (SSSR count). The summed E-state index contributed by atoms with van der Waals surface area (Å²) in [6, 6.07) is 12.9. The molecule has 18 heavy (non-hydrogen) atoms. The largest absolute Gasteiger partial charge is 0.573 e. The summed E-state index contributed by atoms with van der Waals surface area (Å²) >= 11 is 5.73. The van der Waals surface area contributed by atoms with Crippen molar-refractivity contribution in [2.24, 2.45) is 0 Å². The van der Waals surface area contributed by atoms with Crippen LogP contribution >= 0.6 is 11.6 Å². The van der Waals surface area contributed by atoms with Crippen LogP contribution in [0.25, 0.3) is 4.72 Å². The number of nitrogens with zero attached hydrogens (tertiary/aromatic N) is 1. The normalized spacial score (nSPS) is 11.2. The van der Waals surface area contributed by atoms with Crippen LogP contribution < -0.4 is 0 Å². The molecule has 0 amide bonds. The lowest BCUT2D eigenvalue weighted by Crippen LogP contribution is -1.97. The third-order valence-electron chi connectivity index (χ3n) is 2.37. The Bertz CT molecular complexity index is 634. The van der Waals surface area contributed by atoms with Crippen molar-refractivity contribution in [2.45, 2.75) is 11.8 Å². The summed E-state index contributed by atoms with van der Waals surface area (Å²) in [5, 5.41) is 0.543. The standard InChI is InChI=1S/C13H11ClNO2S/c1-10-2-8-13(9-3-10)18(16,17)15-12-6-4-11(14)5-7-12/h2-9H,1H3/q-1. The highest BCUT2D eigenvalue weighted by Crippen LogP contribution is 2.28. The topological polar surface area (TPSA) is 48.2 Å². The first-order valence-electron chi connectivity index (χ1n) is 5.28. The number of hydrogen-bond donors (Lipinski definition) is 0. The van der Waals surface area contributed by atoms with Gasteiger partial charge in [-0.05, 0) is 31.2 Å². The fourth-order valence-corrected chi connectivity index (χ4v) is 2.51. The van der Waals surface area contributed by atoms with Crippen LogP contribution in [-0.2, 0) is 10.0 Å². The van der Waals surface area contributed by atoms with E-state index in [2.05, 4.69) is 4.72 Å². The predicted molar refractivity (Wildman–Crippen MR) is 72.8 cm³/mol. The van der Waals surface area contributed by atoms with E-state index in [-0.39, 0.29) is 4.90 Å². The third kappa shape index (κ3) is 3.03. The first-order valence-corrected chi connectivity index (χ1v) is 7.09. The molecule has 0 N–H and O–H groups in total. The number of halogens is 1. The van der Waals surface area contributed by atoms with Crippen LogP contribution in [0.1, 0.15) is 5.56 Å². The van der Waals surface area contributed by atoms with Crippen LogP contribution in [0.5, 0.6) is 0 Å². The van der Waals surface area contributed by atoms with E-state index in [1.807, 2.05) is 6.92 Å². The molecule has 5 heteroatoms. The van der Waals surface area contributed by atoms with Crippen molar-refractivity contribution in [2.75, 3.05) is 0 Å². The predicted octanol–water partition coefficient (Wildman–Crippen LogP) is 4.04. The van der Waals surface area contributed by atoms with Crippen molar-refractivity contribution in [3.05, 3.63) is 63.8 Å². The number of hydrogen-bond acceptors (Lipinski definition) is 2. The van der Waals surface area contributed by atoms with Gasteiger partial charge in [0, 0.05) is 5.02 Å². The van der Waals surface area contributed by atoms with Crippen LogP contribution in [0.15, 0.2) is 53.4 Å². The average molecular weight is 281 g/mol. The number of sulfonamides is 1. The van der Waals surface area contributed by atoms with E-state index in [0.29, 0.717) is 10.7 Å². The maximum atomic E-state index is 12.0. The van der Waals surface area contributed by atoms with Gasteiger partial charge < -0.3 is 4.72 Å². The minimum atomic E-state index is -3.66. The molecular weight excluding hydrogens is 270 g/mol. The molecule has 0 radical (unpaired) electrons. The Labute approximate surface area is 111 Å². The second-order valence-electron chi connectivity index (χ2n) is 3.86. The fraction of sp³-hybridized carbons (Fsp3) is 0.0769. The average Bonchev–Trinajstić information content (AvgIpc) is 2.32. The maximum Gasteiger partial charge on any atom is 0.123 e. The second kappa shape index (κ2) is 5.00. The van der Waals surface area contributed by atoms with Crippen molar-refractivity contribution in [1.29, 1.82) is 0 Å². The molecule has 0 bridgehead atoms. The van der Waals surface area contributed by atoms with E-state index >= 15 is 0 Å². The van der Waals surface area contributed by atoms with Crippen LogP contribution in [-0.4, -0.2) is 8.42 Å². The summed E-state index contributed by atoms with van der Waals surface area (Å²) in [7, 11) is -3.66. The molecule has 2 aromatic rings. The lowest BCUT2D eigenvalue weighted by Gasteiger charge is -2.21. The van der Waals surface area contributed by atoms with Gasteiger partial charge in [-0.1, -0.05) is 41.4 Å². The molecule has 0 aliphatic heterocycles. The van der Waals surface area contributed by atoms with Gasteiger partial charge in [0.05, 0.1) is 4.90 Å². The Morgan fingerprint density at radius 3 is 2.06 bits per heavy atom. The molecular formula is C13H11ClNO2S-. The molecule has 0 spiro atoms. The van der Waals surface area contributed by atoms with Crippen LogP contribution in [0.3, 0.4) is 0 Å². The van der Waals surface area contributed by atoms with Crippen molar-refractivity contribution >= 4 is 27.3 Å². The van der Waals surface area contributed by atoms with Crippen molar-refractivity contribution < 1.29 is 8.42 Å². The Morgan fingerprint density at radius 2 is 1.50 bits per heavy atom. The van der Waals surface area contributed by atoms with Crippen LogP contribution in [0.2, 0.25) is 5.02 Å². The number of benzene rings is 2. The molecule has 0 fully saturated rings. The minimum absolute atomic E-state index is 0.183. The summed E-state index contributed by atoms with van der Waals surface area (Å²) in [6.07, 6.45) is 0. The van der Waals surface area contributed by atoms with Gasteiger partial charge in [0.1, 0.15) is 10.0 Å². The Balaban J connectivity index is 2.27. The van der Waals surface area contributed by atoms with Gasteiger partial charge in [-0.25, -0.2) is 8.42 Å². The molecule has 0 unspecified atom stereocenters. The molecule has 0 atom stereocenters. The Morgan fingerprint density at radius 1 is 0.944 bits per heavy atom. The zero-order chi connectivity index (χ0) is 13.2. The van der Waals surface area contributed by atoms with E-state index in [0.717, 1.165) is 5.56 Å². The van der Waals surface area contributed by atoms with E-state index in [9.17, 15) is 8.42 Å². The van der Waals surface area contributed by atoms with Crippen LogP contribution in [0.4, 0.5) is 5.69 Å². The maximum absolute atomic E-state index is 12.0. The van der Waals surface area contributed by atoms with Crippen molar-refractivity contribution in [3.8, 4) is 0 Å². The molecule has 2 aromatic carbocycles. The zero-order valence-electron chi connectivity index (χ0n) is 9.67. The lowest BCUT2D eigenvalue weighted by molar-refractivity contribution is 0.603. The summed E-state index contributed by atoms with van der Waals surface area (Å²) in [6.45, 7) is 1.90. The van der Waals surface area contributed by atoms with Gasteiger partial charge in [0.15, 0.2) is 0 Å². The van der Waals surface area contributed by atoms with E-state index in [4.69, 9.17) is 11.6 Å². The summed E-state index contributed by atoms with van der Waals surface area (Å²) in [5.74, 6) is 0. The first-order chi connectivity index (χ1) is 8.47. The smallest absolute Gasteiger partial charge is 0.123 e. The monoisotopic (exact) mass is 280 g/mol. The molecule has 0 aliphatic rings. The summed E-state index contributed by atoms with van der Waals surface area (Å²) in [4.78, 5) is 0.183. The van der Waals surface area contributed by atoms with Gasteiger partial charge in [0.2, 0.25) is 0 Å². The number of rotatable bonds is 3. The summed E-state index contributed by atoms with van der Waals surface area (Å²) < 4.78 is 27.7. The molecule has 0 saturated heterocycles. The Kier molecular flexibility index (Phi) is 3.59. The third-order valence-corrected chi connectivity index (χ3v) is 3.94. The lowest BCUT2D eigenvalue weighted by atomic mass is 10.2. The van der Waals surface area contributed by atoms with E-state index in [1.54, 1.807) is 48.5 Å². The van der Waals surface area contributed by atoms with Crippen molar-refractivity contribution in [1.82, 2.24) is 0 Å². The highest BCUT2D eigenvalue weighted by molar-refractivity contribution is 7.94. The molecule has 0 saturated carbocycles. The van der Waals surface area contributed by atoms with E-state index in [1.165, 1.54) is 0 Å². The van der Waals surface area contributed by atoms with Crippen LogP contribution in [0, 0.1) is 6.92 Å². The zero-order valence-corrected chi connectivity index (χ0v) is 11.2. The highest BCUT2D eigenvalue weighted by atomic mass is 35.5. The van der Waals surface area contributed by atoms with Crippen molar-refractivity contribution in [3.63, 3.8) is 0 Å². The van der Waals surface area contributed by atoms with Gasteiger partial charge in [0.25, 0.3) is 0 Å². The second-order valence-corrected chi connectivity index (χ2v) is 5.90. The minimum Gasteiger partial charge on any atom is -0.573 e. The fourth-order valence-electron chi connectivity index (χ4n) is 1.40. The van der Waals surface area contributed by atoms with E-state index < -0.39 is 10.0 Å². The molecule has 0 aliphatic carbocycles.